The molecule has 2 heterocycles. The Kier molecular flexibility index (Phi) is 9.38. The van der Waals surface area contributed by atoms with E-state index in [0.29, 0.717) is 18.5 Å². The van der Waals surface area contributed by atoms with Crippen LogP contribution in [0.5, 0.6) is 0 Å². The minimum atomic E-state index is -1.17. The molecule has 1 atom stereocenters. The van der Waals surface area contributed by atoms with Crippen LogP contribution in [0, 0.1) is 16.7 Å². The van der Waals surface area contributed by atoms with E-state index in [1.165, 1.54) is 32.1 Å². The van der Waals surface area contributed by atoms with Crippen molar-refractivity contribution in [2.75, 3.05) is 5.32 Å². The molecule has 3 aromatic rings. The number of para-hydroxylation sites is 1. The Balaban J connectivity index is 1.72. The fourth-order valence-electron chi connectivity index (χ4n) is 4.25. The quantitative estimate of drug-likeness (QED) is 0.294. The van der Waals surface area contributed by atoms with Gasteiger partial charge in [-0.05, 0) is 30.7 Å². The molecule has 0 saturated carbocycles. The predicted octanol–water partition coefficient (Wildman–Crippen LogP) is 6.85. The minimum Gasteiger partial charge on any atom is -0.323 e. The fourth-order valence-corrected chi connectivity index (χ4v) is 4.25. The second kappa shape index (κ2) is 12.7. The first-order valence-corrected chi connectivity index (χ1v) is 12.1. The summed E-state index contributed by atoms with van der Waals surface area (Å²) < 4.78 is 0. The van der Waals surface area contributed by atoms with E-state index in [0.717, 1.165) is 35.9 Å². The average Bonchev–Trinajstić information content (AvgIpc) is 2.85. The second-order valence-corrected chi connectivity index (χ2v) is 8.75. The molecule has 1 N–H and O–H groups in total. The summed E-state index contributed by atoms with van der Waals surface area (Å²) in [5.41, 5.74) is 0.942. The molecule has 3 rings (SSSR count). The van der Waals surface area contributed by atoms with Crippen molar-refractivity contribution < 1.29 is 4.79 Å². The van der Waals surface area contributed by atoms with E-state index in [4.69, 9.17) is 0 Å². The van der Waals surface area contributed by atoms with Gasteiger partial charge in [0.2, 0.25) is 5.91 Å². The SMILES string of the molecule is CCCCCCCCCCC(C#N)(Cc1ccccn1)C(=O)Nc1cccc2cccnc12. The summed E-state index contributed by atoms with van der Waals surface area (Å²) >= 11 is 0. The van der Waals surface area contributed by atoms with Crippen molar-refractivity contribution in [1.82, 2.24) is 9.97 Å². The summed E-state index contributed by atoms with van der Waals surface area (Å²) in [6, 6.07) is 17.5. The normalized spacial score (nSPS) is 12.7. The van der Waals surface area contributed by atoms with E-state index < -0.39 is 5.41 Å². The van der Waals surface area contributed by atoms with Gasteiger partial charge in [0.15, 0.2) is 0 Å². The lowest BCUT2D eigenvalue weighted by molar-refractivity contribution is -0.123. The Morgan fingerprint density at radius 2 is 1.64 bits per heavy atom. The van der Waals surface area contributed by atoms with Crippen LogP contribution in [0.4, 0.5) is 5.69 Å². The molecule has 0 aliphatic carbocycles. The lowest BCUT2D eigenvalue weighted by atomic mass is 9.78. The second-order valence-electron chi connectivity index (χ2n) is 8.75. The number of nitrogens with one attached hydrogen (secondary N) is 1. The number of carbonyl (C=O) groups excluding carboxylic acids is 1. The van der Waals surface area contributed by atoms with E-state index in [2.05, 4.69) is 28.3 Å². The molecule has 0 aliphatic rings. The topological polar surface area (TPSA) is 78.7 Å². The molecule has 0 spiro atoms. The highest BCUT2D eigenvalue weighted by molar-refractivity contribution is 6.03. The van der Waals surface area contributed by atoms with Gasteiger partial charge in [0.05, 0.1) is 17.3 Å². The number of rotatable bonds is 13. The summed E-state index contributed by atoms with van der Waals surface area (Å²) in [5.74, 6) is -0.281. The monoisotopic (exact) mass is 442 g/mol. The van der Waals surface area contributed by atoms with Gasteiger partial charge in [-0.1, -0.05) is 82.6 Å². The predicted molar refractivity (Wildman–Crippen MR) is 134 cm³/mol. The number of unbranched alkanes of at least 4 members (excludes halogenated alkanes) is 7. The summed E-state index contributed by atoms with van der Waals surface area (Å²) in [5, 5.41) is 14.2. The summed E-state index contributed by atoms with van der Waals surface area (Å²) in [7, 11) is 0. The molecule has 5 heteroatoms. The maximum atomic E-state index is 13.6. The van der Waals surface area contributed by atoms with E-state index in [-0.39, 0.29) is 5.91 Å². The third-order valence-electron chi connectivity index (χ3n) is 6.20. The largest absolute Gasteiger partial charge is 0.323 e. The minimum absolute atomic E-state index is 0.281. The summed E-state index contributed by atoms with van der Waals surface area (Å²) in [6.07, 6.45) is 13.6. The van der Waals surface area contributed by atoms with Gasteiger partial charge < -0.3 is 5.32 Å². The number of aromatic nitrogens is 2. The highest BCUT2D eigenvalue weighted by Gasteiger charge is 2.39. The Bertz CT molecular complexity index is 1050. The zero-order valence-electron chi connectivity index (χ0n) is 19.6. The Morgan fingerprint density at radius 3 is 2.36 bits per heavy atom. The van der Waals surface area contributed by atoms with Crippen molar-refractivity contribution in [1.29, 1.82) is 5.26 Å². The number of carbonyl (C=O) groups is 1. The Morgan fingerprint density at radius 1 is 0.909 bits per heavy atom. The van der Waals surface area contributed by atoms with Gasteiger partial charge in [0.1, 0.15) is 5.41 Å². The lowest BCUT2D eigenvalue weighted by Gasteiger charge is -2.25. The van der Waals surface area contributed by atoms with Crippen molar-refractivity contribution in [3.63, 3.8) is 0 Å². The number of nitrogens with zero attached hydrogens (tertiary/aromatic N) is 3. The Labute approximate surface area is 197 Å². The number of pyridine rings is 2. The van der Waals surface area contributed by atoms with Crippen molar-refractivity contribution in [3.8, 4) is 6.07 Å². The lowest BCUT2D eigenvalue weighted by Crippen LogP contribution is -2.37. The van der Waals surface area contributed by atoms with Gasteiger partial charge in [-0.2, -0.15) is 5.26 Å². The third kappa shape index (κ3) is 6.86. The van der Waals surface area contributed by atoms with Crippen molar-refractivity contribution in [3.05, 3.63) is 66.6 Å². The van der Waals surface area contributed by atoms with Gasteiger partial charge in [0.25, 0.3) is 0 Å². The number of hydrogen-bond donors (Lipinski definition) is 1. The average molecular weight is 443 g/mol. The zero-order chi connectivity index (χ0) is 23.4. The van der Waals surface area contributed by atoms with E-state index in [1.807, 2.05) is 48.5 Å². The zero-order valence-corrected chi connectivity index (χ0v) is 19.6. The van der Waals surface area contributed by atoms with Crippen molar-refractivity contribution in [2.24, 2.45) is 5.41 Å². The Hall–Kier alpha value is -3.26. The molecule has 5 nitrogen and oxygen atoms in total. The number of amides is 1. The molecule has 1 aromatic carbocycles. The first kappa shape index (κ1) is 24.4. The van der Waals surface area contributed by atoms with Crippen LogP contribution in [-0.2, 0) is 11.2 Å². The van der Waals surface area contributed by atoms with Gasteiger partial charge in [0, 0.05) is 29.9 Å². The van der Waals surface area contributed by atoms with Crippen molar-refractivity contribution >= 4 is 22.5 Å². The smallest absolute Gasteiger partial charge is 0.245 e. The van der Waals surface area contributed by atoms with Crippen LogP contribution in [0.15, 0.2) is 60.9 Å². The van der Waals surface area contributed by atoms with Gasteiger partial charge in [-0.15, -0.1) is 0 Å². The molecule has 33 heavy (non-hydrogen) atoms. The van der Waals surface area contributed by atoms with Gasteiger partial charge >= 0.3 is 0 Å². The van der Waals surface area contributed by atoms with Crippen molar-refractivity contribution in [2.45, 2.75) is 71.1 Å². The molecular weight excluding hydrogens is 408 g/mol. The number of fused-ring (bicyclic) bond motifs is 1. The summed E-state index contributed by atoms with van der Waals surface area (Å²) in [4.78, 5) is 22.4. The van der Waals surface area contributed by atoms with Crippen LogP contribution in [0.25, 0.3) is 10.9 Å². The fraction of sp³-hybridized carbons (Fsp3) is 0.429. The molecule has 0 radical (unpaired) electrons. The molecule has 0 saturated heterocycles. The van der Waals surface area contributed by atoms with Crippen LogP contribution in [0.1, 0.15) is 70.4 Å². The molecule has 1 unspecified atom stereocenters. The maximum absolute atomic E-state index is 13.6. The molecule has 1 amide bonds. The van der Waals surface area contributed by atoms with Crippen LogP contribution in [-0.4, -0.2) is 15.9 Å². The molecule has 172 valence electrons. The summed E-state index contributed by atoms with van der Waals surface area (Å²) in [6.45, 7) is 2.22. The first-order valence-electron chi connectivity index (χ1n) is 12.1. The number of anilines is 1. The van der Waals surface area contributed by atoms with Gasteiger partial charge in [-0.3, -0.25) is 14.8 Å². The maximum Gasteiger partial charge on any atom is 0.245 e. The first-order chi connectivity index (χ1) is 16.2. The highest BCUT2D eigenvalue weighted by atomic mass is 16.2. The highest BCUT2D eigenvalue weighted by Crippen LogP contribution is 2.32. The van der Waals surface area contributed by atoms with Crippen LogP contribution < -0.4 is 5.32 Å². The van der Waals surface area contributed by atoms with E-state index in [9.17, 15) is 10.1 Å². The van der Waals surface area contributed by atoms with E-state index in [1.54, 1.807) is 12.4 Å². The molecule has 0 aliphatic heterocycles. The third-order valence-corrected chi connectivity index (χ3v) is 6.20. The number of hydrogen-bond acceptors (Lipinski definition) is 4. The molecule has 0 bridgehead atoms. The van der Waals surface area contributed by atoms with E-state index >= 15 is 0 Å². The molecule has 2 aromatic heterocycles. The van der Waals surface area contributed by atoms with Gasteiger partial charge in [-0.25, -0.2) is 0 Å². The molecule has 0 fully saturated rings. The van der Waals surface area contributed by atoms with Crippen LogP contribution >= 0.6 is 0 Å². The number of benzene rings is 1. The molecular formula is C28H34N4O. The van der Waals surface area contributed by atoms with Crippen LogP contribution in [0.2, 0.25) is 0 Å². The van der Waals surface area contributed by atoms with Crippen LogP contribution in [0.3, 0.4) is 0 Å². The standard InChI is InChI=1S/C28H34N4O/c1-2-3-4-5-6-7-8-10-18-28(22-29,21-24-16-9-11-19-30-24)27(33)32-25-17-12-14-23-15-13-20-31-26(23)25/h9,11-17,19-20H,2-8,10,18,21H2,1H3,(H,32,33). The number of nitriles is 1.